The van der Waals surface area contributed by atoms with Crippen molar-refractivity contribution in [1.82, 2.24) is 35.5 Å². The van der Waals surface area contributed by atoms with Crippen LogP contribution >= 0.6 is 0 Å². The van der Waals surface area contributed by atoms with Crippen LogP contribution in [-0.4, -0.2) is 56.9 Å². The molecule has 0 unspecified atom stereocenters. The van der Waals surface area contributed by atoms with Gasteiger partial charge in [0.25, 0.3) is 5.91 Å². The SMILES string of the molecule is C=C/C(NC(=O)c1ccnc(N2Cc3cnc(CC)nc3C2)n1)=C(\C=C/C)N1CCNCC1. The highest BCUT2D eigenvalue weighted by Gasteiger charge is 2.24. The third kappa shape index (κ3) is 5.09. The van der Waals surface area contributed by atoms with Crippen LogP contribution in [0.3, 0.4) is 0 Å². The average molecular weight is 447 g/mol. The molecule has 1 amide bonds. The molecule has 0 aliphatic carbocycles. The van der Waals surface area contributed by atoms with E-state index in [4.69, 9.17) is 0 Å². The molecule has 0 aromatic carbocycles. The van der Waals surface area contributed by atoms with Crippen molar-refractivity contribution in [3.05, 3.63) is 77.4 Å². The number of aryl methyl sites for hydroxylation is 1. The summed E-state index contributed by atoms with van der Waals surface area (Å²) >= 11 is 0. The molecule has 1 saturated heterocycles. The van der Waals surface area contributed by atoms with Gasteiger partial charge in [-0.1, -0.05) is 19.6 Å². The number of nitrogens with zero attached hydrogens (tertiary/aromatic N) is 6. The minimum atomic E-state index is -0.296. The van der Waals surface area contributed by atoms with Gasteiger partial charge < -0.3 is 20.4 Å². The highest BCUT2D eigenvalue weighted by molar-refractivity contribution is 5.94. The van der Waals surface area contributed by atoms with Crippen molar-refractivity contribution in [2.24, 2.45) is 0 Å². The second-order valence-electron chi connectivity index (χ2n) is 7.90. The Hall–Kier alpha value is -3.59. The fourth-order valence-corrected chi connectivity index (χ4v) is 3.97. The third-order valence-electron chi connectivity index (χ3n) is 5.69. The number of carbonyl (C=O) groups is 1. The van der Waals surface area contributed by atoms with Gasteiger partial charge in [0.15, 0.2) is 0 Å². The normalized spacial score (nSPS) is 16.5. The van der Waals surface area contributed by atoms with Gasteiger partial charge in [-0.05, 0) is 25.1 Å². The first-order valence-electron chi connectivity index (χ1n) is 11.3. The molecular weight excluding hydrogens is 416 g/mol. The van der Waals surface area contributed by atoms with Crippen molar-refractivity contribution in [1.29, 1.82) is 0 Å². The van der Waals surface area contributed by atoms with Crippen LogP contribution in [0.25, 0.3) is 0 Å². The van der Waals surface area contributed by atoms with Crippen LogP contribution in [0.15, 0.2) is 54.7 Å². The molecule has 1 fully saturated rings. The smallest absolute Gasteiger partial charge is 0.274 e. The van der Waals surface area contributed by atoms with E-state index in [0.29, 0.717) is 30.4 Å². The Kier molecular flexibility index (Phi) is 7.09. The van der Waals surface area contributed by atoms with Crippen LogP contribution < -0.4 is 15.5 Å². The minimum Gasteiger partial charge on any atom is -0.367 e. The zero-order chi connectivity index (χ0) is 23.2. The summed E-state index contributed by atoms with van der Waals surface area (Å²) in [5.74, 6) is 1.03. The van der Waals surface area contributed by atoms with Crippen LogP contribution in [-0.2, 0) is 19.5 Å². The molecule has 2 N–H and O–H groups in total. The van der Waals surface area contributed by atoms with E-state index in [2.05, 4.69) is 42.0 Å². The first kappa shape index (κ1) is 22.6. The molecule has 2 aromatic heterocycles. The number of hydrogen-bond donors (Lipinski definition) is 2. The number of hydrogen-bond acceptors (Lipinski definition) is 8. The van der Waals surface area contributed by atoms with E-state index >= 15 is 0 Å². The second kappa shape index (κ2) is 10.4. The number of anilines is 1. The van der Waals surface area contributed by atoms with E-state index < -0.39 is 0 Å². The van der Waals surface area contributed by atoms with Crippen molar-refractivity contribution < 1.29 is 4.79 Å². The average Bonchev–Trinajstić information content (AvgIpc) is 3.30. The zero-order valence-electron chi connectivity index (χ0n) is 19.2. The first-order chi connectivity index (χ1) is 16.1. The van der Waals surface area contributed by atoms with E-state index in [0.717, 1.165) is 55.4 Å². The summed E-state index contributed by atoms with van der Waals surface area (Å²) in [6.07, 6.45) is 9.93. The van der Waals surface area contributed by atoms with Crippen LogP contribution in [0.1, 0.15) is 41.4 Å². The Morgan fingerprint density at radius 1 is 1.24 bits per heavy atom. The van der Waals surface area contributed by atoms with Crippen LogP contribution in [0.5, 0.6) is 0 Å². The summed E-state index contributed by atoms with van der Waals surface area (Å²) in [7, 11) is 0. The van der Waals surface area contributed by atoms with E-state index in [1.165, 1.54) is 0 Å². The first-order valence-corrected chi connectivity index (χ1v) is 11.3. The van der Waals surface area contributed by atoms with Crippen LogP contribution in [0, 0.1) is 0 Å². The standard InChI is InChI=1S/C24H30N8O/c1-4-7-21(31-12-10-25-11-13-31)18(5-2)29-23(33)19-8-9-26-24(30-19)32-15-17-14-27-22(6-3)28-20(17)16-32/h4-5,7-9,14,25H,2,6,10-13,15-16H2,1,3H3,(H,29,33)/b7-4-,21-18-. The van der Waals surface area contributed by atoms with Gasteiger partial charge >= 0.3 is 0 Å². The van der Waals surface area contributed by atoms with E-state index in [1.807, 2.05) is 37.1 Å². The lowest BCUT2D eigenvalue weighted by Gasteiger charge is -2.31. The third-order valence-corrected chi connectivity index (χ3v) is 5.69. The van der Waals surface area contributed by atoms with Gasteiger partial charge in [-0.25, -0.2) is 19.9 Å². The minimum absolute atomic E-state index is 0.296. The van der Waals surface area contributed by atoms with Gasteiger partial charge in [0, 0.05) is 57.1 Å². The van der Waals surface area contributed by atoms with Gasteiger partial charge in [-0.15, -0.1) is 0 Å². The van der Waals surface area contributed by atoms with Crippen molar-refractivity contribution >= 4 is 11.9 Å². The van der Waals surface area contributed by atoms with Gasteiger partial charge in [-0.2, -0.15) is 0 Å². The Balaban J connectivity index is 1.53. The molecule has 0 spiro atoms. The molecule has 0 radical (unpaired) electrons. The number of fused-ring (bicyclic) bond motifs is 1. The largest absolute Gasteiger partial charge is 0.367 e. The molecule has 2 aliphatic heterocycles. The summed E-state index contributed by atoms with van der Waals surface area (Å²) in [5, 5.41) is 6.34. The summed E-state index contributed by atoms with van der Waals surface area (Å²) < 4.78 is 0. The number of carbonyl (C=O) groups excluding carboxylic acids is 1. The number of piperazine rings is 1. The van der Waals surface area contributed by atoms with E-state index in [1.54, 1.807) is 18.3 Å². The number of nitrogens with one attached hydrogen (secondary N) is 2. The maximum absolute atomic E-state index is 13.1. The Morgan fingerprint density at radius 2 is 2.06 bits per heavy atom. The Morgan fingerprint density at radius 3 is 2.79 bits per heavy atom. The van der Waals surface area contributed by atoms with Crippen molar-refractivity contribution in [3.8, 4) is 0 Å². The molecular formula is C24H30N8O. The Bertz CT molecular complexity index is 1090. The quantitative estimate of drug-likeness (QED) is 0.623. The molecule has 9 heteroatoms. The number of rotatable bonds is 7. The van der Waals surface area contributed by atoms with Gasteiger partial charge in [-0.3, -0.25) is 4.79 Å². The lowest BCUT2D eigenvalue weighted by molar-refractivity contribution is 0.0961. The van der Waals surface area contributed by atoms with Gasteiger partial charge in [0.05, 0.1) is 23.6 Å². The number of allylic oxidation sites excluding steroid dienone is 3. The highest BCUT2D eigenvalue weighted by Crippen LogP contribution is 2.24. The van der Waals surface area contributed by atoms with Gasteiger partial charge in [0.1, 0.15) is 11.5 Å². The van der Waals surface area contributed by atoms with Crippen LogP contribution in [0.4, 0.5) is 5.95 Å². The molecule has 9 nitrogen and oxygen atoms in total. The fourth-order valence-electron chi connectivity index (χ4n) is 3.97. The van der Waals surface area contributed by atoms with E-state index in [-0.39, 0.29) is 5.91 Å². The molecule has 172 valence electrons. The monoisotopic (exact) mass is 446 g/mol. The lowest BCUT2D eigenvalue weighted by Crippen LogP contribution is -2.43. The van der Waals surface area contributed by atoms with E-state index in [9.17, 15) is 4.79 Å². The number of aromatic nitrogens is 4. The number of amides is 1. The summed E-state index contributed by atoms with van der Waals surface area (Å²) in [6, 6.07) is 1.62. The van der Waals surface area contributed by atoms with Crippen LogP contribution in [0.2, 0.25) is 0 Å². The maximum atomic E-state index is 13.1. The molecule has 33 heavy (non-hydrogen) atoms. The van der Waals surface area contributed by atoms with Gasteiger partial charge in [0.2, 0.25) is 5.95 Å². The fraction of sp³-hybridized carbons (Fsp3) is 0.375. The summed E-state index contributed by atoms with van der Waals surface area (Å²) in [4.78, 5) is 35.3. The van der Waals surface area contributed by atoms with Crippen molar-refractivity contribution in [3.63, 3.8) is 0 Å². The molecule has 0 bridgehead atoms. The van der Waals surface area contributed by atoms with Crippen molar-refractivity contribution in [2.75, 3.05) is 31.1 Å². The predicted octanol–water partition coefficient (Wildman–Crippen LogP) is 1.96. The Labute approximate surface area is 194 Å². The van der Waals surface area contributed by atoms with Crippen molar-refractivity contribution in [2.45, 2.75) is 33.4 Å². The maximum Gasteiger partial charge on any atom is 0.274 e. The molecule has 4 rings (SSSR count). The molecule has 4 heterocycles. The molecule has 2 aliphatic rings. The topological polar surface area (TPSA) is 99.2 Å². The zero-order valence-corrected chi connectivity index (χ0v) is 19.2. The molecule has 0 saturated carbocycles. The highest BCUT2D eigenvalue weighted by atomic mass is 16.1. The molecule has 0 atom stereocenters. The molecule has 2 aromatic rings. The lowest BCUT2D eigenvalue weighted by atomic mass is 10.2. The predicted molar refractivity (Wildman–Crippen MR) is 127 cm³/mol. The summed E-state index contributed by atoms with van der Waals surface area (Å²) in [6.45, 7) is 12.7. The second-order valence-corrected chi connectivity index (χ2v) is 7.90. The summed E-state index contributed by atoms with van der Waals surface area (Å²) in [5.41, 5.74) is 3.96.